The summed E-state index contributed by atoms with van der Waals surface area (Å²) in [7, 11) is -3.24. The fraction of sp³-hybridized carbons (Fsp3) is 0.400. The Labute approximate surface area is 185 Å². The maximum absolute atomic E-state index is 12.6. The van der Waals surface area contributed by atoms with Crippen molar-refractivity contribution in [1.29, 1.82) is 0 Å². The molecule has 2 heterocycles. The fourth-order valence-corrected chi connectivity index (χ4v) is 4.17. The molecule has 2 amide bonds. The van der Waals surface area contributed by atoms with Crippen molar-refractivity contribution in [3.05, 3.63) is 47.3 Å². The number of nitrogens with one attached hydrogen (secondary N) is 2. The van der Waals surface area contributed by atoms with Crippen LogP contribution < -0.4 is 10.0 Å². The molecule has 32 heavy (non-hydrogen) atoms. The molecule has 2 aromatic rings. The molecule has 0 bridgehead atoms. The molecule has 172 valence electrons. The van der Waals surface area contributed by atoms with Crippen LogP contribution in [0.1, 0.15) is 41.0 Å². The molecule has 1 aromatic carbocycles. The van der Waals surface area contributed by atoms with Crippen LogP contribution in [0.5, 0.6) is 0 Å². The van der Waals surface area contributed by atoms with E-state index in [0.717, 1.165) is 26.4 Å². The van der Waals surface area contributed by atoms with Crippen LogP contribution in [0.25, 0.3) is 0 Å². The van der Waals surface area contributed by atoms with E-state index in [1.54, 1.807) is 13.0 Å². The molecule has 1 aliphatic heterocycles. The second-order valence-corrected chi connectivity index (χ2v) is 8.63. The van der Waals surface area contributed by atoms with E-state index in [2.05, 4.69) is 20.0 Å². The van der Waals surface area contributed by atoms with Gasteiger partial charge in [0.15, 0.2) is 6.29 Å². The number of aromatic nitrogens is 2. The van der Waals surface area contributed by atoms with E-state index in [9.17, 15) is 18.0 Å². The number of amides is 2. The number of sulfonamides is 1. The molecule has 3 rings (SSSR count). The maximum atomic E-state index is 12.6. The highest BCUT2D eigenvalue weighted by atomic mass is 32.2. The van der Waals surface area contributed by atoms with Gasteiger partial charge < -0.3 is 14.2 Å². The molecule has 0 spiro atoms. The third-order valence-corrected chi connectivity index (χ3v) is 5.89. The van der Waals surface area contributed by atoms with E-state index in [1.165, 1.54) is 24.3 Å². The second kappa shape index (κ2) is 10.5. The third-order valence-electron chi connectivity index (χ3n) is 4.50. The Morgan fingerprint density at radius 3 is 2.72 bits per heavy atom. The highest BCUT2D eigenvalue weighted by Crippen LogP contribution is 2.17. The van der Waals surface area contributed by atoms with Crippen molar-refractivity contribution in [1.82, 2.24) is 14.7 Å². The first-order chi connectivity index (χ1) is 15.3. The molecule has 0 radical (unpaired) electrons. The molecule has 2 N–H and O–H groups in total. The number of aryl methyl sites for hydroxylation is 1. The largest absolute Gasteiger partial charge is 0.465 e. The predicted octanol–water partition coefficient (Wildman–Crippen LogP) is 2.13. The molecule has 1 fully saturated rings. The number of hydrogen-bond acceptors (Lipinski definition) is 9. The number of urea groups is 1. The lowest BCUT2D eigenvalue weighted by Crippen LogP contribution is -2.35. The molecule has 11 nitrogen and oxygen atoms in total. The van der Waals surface area contributed by atoms with Gasteiger partial charge in [-0.15, -0.1) is 0 Å². The van der Waals surface area contributed by atoms with Crippen LogP contribution in [-0.2, 0) is 30.8 Å². The number of rotatable bonds is 7. The number of methoxy groups -OCH3 is 1. The SMILES string of the molecule is COC(=O)c1ccccc1S(=O)(=O)NC(=O)Nc1nc(C)cc(COC2CCCCO2)n1. The highest BCUT2D eigenvalue weighted by Gasteiger charge is 2.25. The van der Waals surface area contributed by atoms with Gasteiger partial charge in [-0.1, -0.05) is 12.1 Å². The van der Waals surface area contributed by atoms with E-state index < -0.39 is 26.9 Å². The van der Waals surface area contributed by atoms with Gasteiger partial charge in [-0.3, -0.25) is 5.32 Å². The van der Waals surface area contributed by atoms with Crippen LogP contribution in [0.15, 0.2) is 35.2 Å². The first kappa shape index (κ1) is 23.6. The minimum Gasteiger partial charge on any atom is -0.465 e. The highest BCUT2D eigenvalue weighted by molar-refractivity contribution is 7.90. The lowest BCUT2D eigenvalue weighted by atomic mass is 10.2. The van der Waals surface area contributed by atoms with Crippen LogP contribution in [0.2, 0.25) is 0 Å². The van der Waals surface area contributed by atoms with Crippen molar-refractivity contribution < 1.29 is 32.2 Å². The van der Waals surface area contributed by atoms with Crippen molar-refractivity contribution in [2.45, 2.75) is 44.0 Å². The van der Waals surface area contributed by atoms with E-state index in [4.69, 9.17) is 9.47 Å². The Bertz CT molecular complexity index is 1090. The zero-order valence-corrected chi connectivity index (χ0v) is 18.5. The molecule has 1 saturated heterocycles. The van der Waals surface area contributed by atoms with Gasteiger partial charge in [0.05, 0.1) is 25.0 Å². The molecule has 1 aromatic heterocycles. The molecular formula is C20H24N4O7S. The summed E-state index contributed by atoms with van der Waals surface area (Å²) in [5, 5.41) is 2.30. The van der Waals surface area contributed by atoms with Crippen LogP contribution in [0.3, 0.4) is 0 Å². The average Bonchev–Trinajstić information content (AvgIpc) is 2.77. The monoisotopic (exact) mass is 464 g/mol. The summed E-state index contributed by atoms with van der Waals surface area (Å²) < 4.78 is 42.9. The summed E-state index contributed by atoms with van der Waals surface area (Å²) >= 11 is 0. The van der Waals surface area contributed by atoms with Crippen molar-refractivity contribution in [2.24, 2.45) is 0 Å². The second-order valence-electron chi connectivity index (χ2n) is 6.98. The fourth-order valence-electron chi connectivity index (χ4n) is 3.07. The summed E-state index contributed by atoms with van der Waals surface area (Å²) in [5.74, 6) is -0.942. The van der Waals surface area contributed by atoms with Crippen LogP contribution in [0, 0.1) is 6.92 Å². The molecule has 1 aliphatic rings. The maximum Gasteiger partial charge on any atom is 0.339 e. The van der Waals surface area contributed by atoms with E-state index in [-0.39, 0.29) is 24.4 Å². The molecule has 0 aliphatic carbocycles. The number of ether oxygens (including phenoxy) is 3. The summed E-state index contributed by atoms with van der Waals surface area (Å²) in [5.41, 5.74) is 0.852. The number of anilines is 1. The van der Waals surface area contributed by atoms with Gasteiger partial charge >= 0.3 is 12.0 Å². The smallest absolute Gasteiger partial charge is 0.339 e. The summed E-state index contributed by atoms with van der Waals surface area (Å²) in [6.07, 6.45) is 2.51. The summed E-state index contributed by atoms with van der Waals surface area (Å²) in [6.45, 7) is 2.50. The Hall–Kier alpha value is -3.09. The quantitative estimate of drug-likeness (QED) is 0.588. The van der Waals surface area contributed by atoms with Gasteiger partial charge in [-0.05, 0) is 44.4 Å². The lowest BCUT2D eigenvalue weighted by molar-refractivity contribution is -0.169. The van der Waals surface area contributed by atoms with Crippen LogP contribution in [-0.4, -0.2) is 50.4 Å². The predicted molar refractivity (Wildman–Crippen MR) is 112 cm³/mol. The number of hydrogen-bond donors (Lipinski definition) is 2. The van der Waals surface area contributed by atoms with Crippen molar-refractivity contribution >= 4 is 28.0 Å². The minimum atomic E-state index is -4.37. The minimum absolute atomic E-state index is 0.0953. The first-order valence-electron chi connectivity index (χ1n) is 9.87. The number of carbonyl (C=O) groups excluding carboxylic acids is 2. The number of benzene rings is 1. The molecule has 12 heteroatoms. The van der Waals surface area contributed by atoms with Gasteiger partial charge in [0.1, 0.15) is 4.90 Å². The first-order valence-corrected chi connectivity index (χ1v) is 11.4. The van der Waals surface area contributed by atoms with Gasteiger partial charge in [-0.2, -0.15) is 0 Å². The molecular weight excluding hydrogens is 440 g/mol. The van der Waals surface area contributed by atoms with E-state index >= 15 is 0 Å². The Balaban J connectivity index is 1.68. The third kappa shape index (κ3) is 6.22. The zero-order chi connectivity index (χ0) is 23.1. The zero-order valence-electron chi connectivity index (χ0n) is 17.7. The van der Waals surface area contributed by atoms with Gasteiger partial charge in [0, 0.05) is 12.3 Å². The van der Waals surface area contributed by atoms with E-state index in [1.807, 2.05) is 4.72 Å². The summed E-state index contributed by atoms with van der Waals surface area (Å²) in [4.78, 5) is 32.1. The van der Waals surface area contributed by atoms with Crippen molar-refractivity contribution in [2.75, 3.05) is 19.0 Å². The molecule has 0 saturated carbocycles. The van der Waals surface area contributed by atoms with Crippen LogP contribution >= 0.6 is 0 Å². The molecule has 1 unspecified atom stereocenters. The topological polar surface area (TPSA) is 146 Å². The number of nitrogens with zero attached hydrogens (tertiary/aromatic N) is 2. The van der Waals surface area contributed by atoms with E-state index in [0.29, 0.717) is 18.0 Å². The normalized spacial score (nSPS) is 16.2. The van der Waals surface area contributed by atoms with Crippen molar-refractivity contribution in [3.8, 4) is 0 Å². The Morgan fingerprint density at radius 2 is 2.00 bits per heavy atom. The van der Waals surface area contributed by atoms with Gasteiger partial charge in [-0.25, -0.2) is 32.7 Å². The average molecular weight is 465 g/mol. The standard InChI is InChI=1S/C20H24N4O7S/c1-13-11-14(12-31-17-9-5-6-10-30-17)22-19(21-13)23-20(26)24-32(27,28)16-8-4-3-7-15(16)18(25)29-2/h3-4,7-8,11,17H,5-6,9-10,12H2,1-2H3,(H2,21,22,23,24,26). The number of carbonyl (C=O) groups is 2. The number of esters is 1. The molecule has 1 atom stereocenters. The lowest BCUT2D eigenvalue weighted by Gasteiger charge is -2.22. The van der Waals surface area contributed by atoms with Crippen molar-refractivity contribution in [3.63, 3.8) is 0 Å². The Morgan fingerprint density at radius 1 is 1.22 bits per heavy atom. The van der Waals surface area contributed by atoms with Gasteiger partial charge in [0.2, 0.25) is 5.95 Å². The van der Waals surface area contributed by atoms with Gasteiger partial charge in [0.25, 0.3) is 10.0 Å². The Kier molecular flexibility index (Phi) is 7.72. The summed E-state index contributed by atoms with van der Waals surface area (Å²) in [6, 6.07) is 5.98. The van der Waals surface area contributed by atoms with Crippen LogP contribution in [0.4, 0.5) is 10.7 Å².